The fourth-order valence-electron chi connectivity index (χ4n) is 4.90. The fourth-order valence-corrected chi connectivity index (χ4v) is 5.78. The highest BCUT2D eigenvalue weighted by Gasteiger charge is 2.14. The average molecular weight is 576 g/mol. The highest BCUT2D eigenvalue weighted by atomic mass is 32.1. The van der Waals surface area contributed by atoms with Crippen molar-refractivity contribution in [1.82, 2.24) is 4.98 Å². The number of rotatable bonds is 14. The summed E-state index contributed by atoms with van der Waals surface area (Å²) in [5.41, 5.74) is 8.30. The molecule has 0 saturated carbocycles. The summed E-state index contributed by atoms with van der Waals surface area (Å²) < 4.78 is 0. The Balaban J connectivity index is 1.19. The molecule has 0 fully saturated rings. The van der Waals surface area contributed by atoms with Gasteiger partial charge in [-0.1, -0.05) is 97.1 Å². The summed E-state index contributed by atoms with van der Waals surface area (Å²) in [6, 6.07) is 27.6. The standard InChI is InChI=1S/C36H37N3O2S/c40-35(41)21-18-29-16-19-33(20-17-29)37-24-22-30-12-14-31(15-13-30)26-39(25-23-28-8-4-3-5-9-28)36-38-34(27-42-36)32-10-6-1-2-7-11-32/h1-10,12-17,19-20,27,37H,11,18,21-26H2,(H,40,41). The zero-order chi connectivity index (χ0) is 29.0. The fraction of sp³-hybridized carbons (Fsp3) is 0.222. The number of anilines is 2. The Morgan fingerprint density at radius 2 is 1.55 bits per heavy atom. The molecule has 5 nitrogen and oxygen atoms in total. The number of hydrogen-bond donors (Lipinski definition) is 2. The summed E-state index contributed by atoms with van der Waals surface area (Å²) in [4.78, 5) is 18.3. The van der Waals surface area contributed by atoms with E-state index >= 15 is 0 Å². The van der Waals surface area contributed by atoms with Crippen LogP contribution >= 0.6 is 11.3 Å². The van der Waals surface area contributed by atoms with Crippen molar-refractivity contribution in [2.45, 2.75) is 38.6 Å². The number of carbonyl (C=O) groups is 1. The van der Waals surface area contributed by atoms with Crippen LogP contribution in [-0.2, 0) is 30.6 Å². The van der Waals surface area contributed by atoms with Crippen molar-refractivity contribution in [3.63, 3.8) is 0 Å². The van der Waals surface area contributed by atoms with Crippen molar-refractivity contribution < 1.29 is 9.90 Å². The van der Waals surface area contributed by atoms with Gasteiger partial charge in [-0.25, -0.2) is 4.98 Å². The molecule has 0 aliphatic heterocycles. The lowest BCUT2D eigenvalue weighted by Gasteiger charge is -2.22. The highest BCUT2D eigenvalue weighted by Crippen LogP contribution is 2.29. The molecule has 214 valence electrons. The number of aromatic nitrogens is 1. The Labute approximate surface area is 252 Å². The molecule has 0 bridgehead atoms. The minimum atomic E-state index is -0.765. The van der Waals surface area contributed by atoms with Gasteiger partial charge in [0, 0.05) is 37.1 Å². The van der Waals surface area contributed by atoms with Crippen molar-refractivity contribution in [2.24, 2.45) is 0 Å². The molecule has 0 amide bonds. The Bertz CT molecular complexity index is 1520. The van der Waals surface area contributed by atoms with Gasteiger partial charge in [-0.2, -0.15) is 0 Å². The Hall–Kier alpha value is -4.42. The second-order valence-electron chi connectivity index (χ2n) is 10.5. The SMILES string of the molecule is O=C(O)CCc1ccc(NCCc2ccc(CN(CCc3ccccc3)c3nc(C4=CC=CC=CC4)cs3)cc2)cc1. The number of aryl methyl sites for hydroxylation is 1. The van der Waals surface area contributed by atoms with Crippen LogP contribution < -0.4 is 10.2 Å². The smallest absolute Gasteiger partial charge is 0.303 e. The molecule has 5 rings (SSSR count). The minimum Gasteiger partial charge on any atom is -0.481 e. The molecular formula is C36H37N3O2S. The molecule has 3 aromatic carbocycles. The molecule has 42 heavy (non-hydrogen) atoms. The number of nitrogens with zero attached hydrogens (tertiary/aromatic N) is 2. The maximum Gasteiger partial charge on any atom is 0.303 e. The molecule has 1 aromatic heterocycles. The molecule has 1 aliphatic carbocycles. The van der Waals surface area contributed by atoms with E-state index in [0.717, 1.165) is 61.0 Å². The van der Waals surface area contributed by atoms with Gasteiger partial charge < -0.3 is 15.3 Å². The van der Waals surface area contributed by atoms with Crippen molar-refractivity contribution in [2.75, 3.05) is 23.3 Å². The molecule has 6 heteroatoms. The number of benzene rings is 3. The molecule has 1 heterocycles. The van der Waals surface area contributed by atoms with Crippen LogP contribution in [-0.4, -0.2) is 29.1 Å². The lowest BCUT2D eigenvalue weighted by Crippen LogP contribution is -2.25. The minimum absolute atomic E-state index is 0.159. The number of nitrogens with one attached hydrogen (secondary N) is 1. The quantitative estimate of drug-likeness (QED) is 0.160. The number of allylic oxidation sites excluding steroid dienone is 6. The summed E-state index contributed by atoms with van der Waals surface area (Å²) in [5.74, 6) is -0.765. The number of carboxylic acid groups (broad SMARTS) is 1. The molecule has 1 aliphatic rings. The van der Waals surface area contributed by atoms with Crippen LogP contribution in [0.3, 0.4) is 0 Å². The van der Waals surface area contributed by atoms with E-state index in [-0.39, 0.29) is 6.42 Å². The van der Waals surface area contributed by atoms with Gasteiger partial charge in [0.25, 0.3) is 0 Å². The van der Waals surface area contributed by atoms with Gasteiger partial charge in [-0.05, 0) is 65.6 Å². The largest absolute Gasteiger partial charge is 0.481 e. The number of thiazole rings is 1. The molecule has 4 aromatic rings. The summed E-state index contributed by atoms with van der Waals surface area (Å²) in [5, 5.41) is 15.6. The molecule has 0 spiro atoms. The Kier molecular flexibility index (Phi) is 10.4. The zero-order valence-electron chi connectivity index (χ0n) is 23.8. The van der Waals surface area contributed by atoms with Gasteiger partial charge in [-0.15, -0.1) is 11.3 Å². The summed E-state index contributed by atoms with van der Waals surface area (Å²) in [6.45, 7) is 2.54. The first-order valence-corrected chi connectivity index (χ1v) is 15.4. The highest BCUT2D eigenvalue weighted by molar-refractivity contribution is 7.13. The monoisotopic (exact) mass is 575 g/mol. The first-order valence-electron chi connectivity index (χ1n) is 14.5. The van der Waals surface area contributed by atoms with E-state index in [1.807, 2.05) is 24.3 Å². The Morgan fingerprint density at radius 1 is 0.833 bits per heavy atom. The van der Waals surface area contributed by atoms with E-state index in [2.05, 4.69) is 101 Å². The van der Waals surface area contributed by atoms with E-state index in [9.17, 15) is 4.79 Å². The van der Waals surface area contributed by atoms with Crippen LogP contribution in [0, 0.1) is 0 Å². The van der Waals surface area contributed by atoms with Gasteiger partial charge >= 0.3 is 5.97 Å². The third-order valence-corrected chi connectivity index (χ3v) is 8.22. The van der Waals surface area contributed by atoms with Crippen molar-refractivity contribution in [1.29, 1.82) is 0 Å². The van der Waals surface area contributed by atoms with Gasteiger partial charge in [0.1, 0.15) is 0 Å². The van der Waals surface area contributed by atoms with Crippen LogP contribution in [0.5, 0.6) is 0 Å². The average Bonchev–Trinajstić information content (AvgIpc) is 3.35. The van der Waals surface area contributed by atoms with Gasteiger partial charge in [0.05, 0.1) is 5.69 Å². The Morgan fingerprint density at radius 3 is 2.33 bits per heavy atom. The van der Waals surface area contributed by atoms with Crippen LogP contribution in [0.25, 0.3) is 5.57 Å². The van der Waals surface area contributed by atoms with Crippen molar-refractivity contribution in [3.8, 4) is 0 Å². The topological polar surface area (TPSA) is 65.5 Å². The molecule has 0 saturated heterocycles. The normalized spacial score (nSPS) is 12.5. The van der Waals surface area contributed by atoms with E-state index in [4.69, 9.17) is 10.1 Å². The molecule has 2 N–H and O–H groups in total. The van der Waals surface area contributed by atoms with Gasteiger partial charge in [-0.3, -0.25) is 4.79 Å². The maximum atomic E-state index is 10.8. The van der Waals surface area contributed by atoms with Crippen molar-refractivity contribution >= 4 is 33.7 Å². The number of hydrogen-bond acceptors (Lipinski definition) is 5. The summed E-state index contributed by atoms with van der Waals surface area (Å²) in [7, 11) is 0. The second-order valence-corrected chi connectivity index (χ2v) is 11.3. The lowest BCUT2D eigenvalue weighted by atomic mass is 10.1. The van der Waals surface area contributed by atoms with E-state index in [1.165, 1.54) is 22.3 Å². The van der Waals surface area contributed by atoms with Gasteiger partial charge in [0.15, 0.2) is 5.13 Å². The van der Waals surface area contributed by atoms with Crippen LogP contribution in [0.4, 0.5) is 10.8 Å². The van der Waals surface area contributed by atoms with E-state index in [0.29, 0.717) is 6.42 Å². The third-order valence-electron chi connectivity index (χ3n) is 7.32. The first kappa shape index (κ1) is 29.1. The summed E-state index contributed by atoms with van der Waals surface area (Å²) >= 11 is 1.72. The van der Waals surface area contributed by atoms with E-state index in [1.54, 1.807) is 11.3 Å². The van der Waals surface area contributed by atoms with Crippen LogP contribution in [0.2, 0.25) is 0 Å². The second kappa shape index (κ2) is 15.0. The third kappa shape index (κ3) is 8.79. The molecule has 0 unspecified atom stereocenters. The summed E-state index contributed by atoms with van der Waals surface area (Å²) in [6.07, 6.45) is 14.1. The van der Waals surface area contributed by atoms with E-state index < -0.39 is 5.97 Å². The van der Waals surface area contributed by atoms with Crippen molar-refractivity contribution in [3.05, 3.63) is 143 Å². The predicted molar refractivity (Wildman–Crippen MR) is 175 cm³/mol. The predicted octanol–water partition coefficient (Wildman–Crippen LogP) is 7.96. The van der Waals surface area contributed by atoms with Crippen LogP contribution in [0.15, 0.2) is 115 Å². The van der Waals surface area contributed by atoms with Crippen LogP contribution in [0.1, 0.15) is 40.8 Å². The lowest BCUT2D eigenvalue weighted by molar-refractivity contribution is -0.136. The first-order chi connectivity index (χ1) is 20.6. The maximum absolute atomic E-state index is 10.8. The van der Waals surface area contributed by atoms with Gasteiger partial charge in [0.2, 0.25) is 0 Å². The molecule has 0 radical (unpaired) electrons. The number of carboxylic acids is 1. The molecule has 0 atom stereocenters. The zero-order valence-corrected chi connectivity index (χ0v) is 24.6. The molecular weight excluding hydrogens is 538 g/mol. The number of aliphatic carboxylic acids is 1.